The highest BCUT2D eigenvalue weighted by Crippen LogP contribution is 2.27. The molecule has 0 aromatic heterocycles. The van der Waals surface area contributed by atoms with Crippen molar-refractivity contribution in [2.24, 2.45) is 0 Å². The largest absolute Gasteiger partial charge is 0.497 e. The van der Waals surface area contributed by atoms with Gasteiger partial charge < -0.3 is 15.4 Å². The second kappa shape index (κ2) is 5.97. The molecule has 4 heteroatoms. The van der Waals surface area contributed by atoms with Crippen LogP contribution < -0.4 is 15.4 Å². The third kappa shape index (κ3) is 3.20. The summed E-state index contributed by atoms with van der Waals surface area (Å²) in [6.45, 7) is 0.756. The van der Waals surface area contributed by atoms with Gasteiger partial charge in [0, 0.05) is 18.1 Å². The molecule has 0 radical (unpaired) electrons. The van der Waals surface area contributed by atoms with E-state index in [1.54, 1.807) is 7.11 Å². The monoisotopic (exact) mass is 320 g/mol. The van der Waals surface area contributed by atoms with Crippen LogP contribution in [0.25, 0.3) is 0 Å². The molecule has 0 aliphatic carbocycles. The van der Waals surface area contributed by atoms with Gasteiger partial charge in [-0.2, -0.15) is 0 Å². The number of rotatable bonds is 4. The van der Waals surface area contributed by atoms with Crippen LogP contribution in [0.3, 0.4) is 0 Å². The minimum Gasteiger partial charge on any atom is -0.497 e. The van der Waals surface area contributed by atoms with Crippen molar-refractivity contribution in [3.05, 3.63) is 52.5 Å². The van der Waals surface area contributed by atoms with Gasteiger partial charge in [-0.1, -0.05) is 28.1 Å². The maximum atomic E-state index is 5.99. The van der Waals surface area contributed by atoms with E-state index in [1.807, 2.05) is 49.5 Å². The molecule has 0 atom stereocenters. The van der Waals surface area contributed by atoms with Crippen molar-refractivity contribution in [3.63, 3.8) is 0 Å². The first kappa shape index (κ1) is 13.7. The molecule has 19 heavy (non-hydrogen) atoms. The van der Waals surface area contributed by atoms with Gasteiger partial charge in [-0.05, 0) is 35.9 Å². The van der Waals surface area contributed by atoms with Gasteiger partial charge in [-0.3, -0.25) is 0 Å². The van der Waals surface area contributed by atoms with Gasteiger partial charge in [0.05, 0.1) is 18.5 Å². The molecule has 0 aliphatic rings. The van der Waals surface area contributed by atoms with Crippen LogP contribution in [0.15, 0.2) is 46.9 Å². The van der Waals surface area contributed by atoms with Crippen LogP contribution in [0, 0.1) is 0 Å². The number of benzene rings is 2. The summed E-state index contributed by atoms with van der Waals surface area (Å²) in [5.74, 6) is 0.854. The zero-order valence-electron chi connectivity index (χ0n) is 11.1. The molecule has 0 fully saturated rings. The van der Waals surface area contributed by atoms with E-state index in [-0.39, 0.29) is 0 Å². The molecule has 0 amide bonds. The molecule has 0 bridgehead atoms. The van der Waals surface area contributed by atoms with E-state index in [9.17, 15) is 0 Å². The van der Waals surface area contributed by atoms with Crippen LogP contribution in [-0.2, 0) is 6.54 Å². The van der Waals surface area contributed by atoms with Crippen LogP contribution in [0.1, 0.15) is 5.56 Å². The van der Waals surface area contributed by atoms with Gasteiger partial charge >= 0.3 is 0 Å². The van der Waals surface area contributed by atoms with Gasteiger partial charge in [-0.15, -0.1) is 0 Å². The van der Waals surface area contributed by atoms with Crippen molar-refractivity contribution < 1.29 is 4.74 Å². The molecule has 3 nitrogen and oxygen atoms in total. The molecule has 2 rings (SSSR count). The van der Waals surface area contributed by atoms with E-state index in [0.717, 1.165) is 33.7 Å². The predicted molar refractivity (Wildman–Crippen MR) is 83.7 cm³/mol. The minimum absolute atomic E-state index is 0.756. The highest BCUT2D eigenvalue weighted by atomic mass is 79.9. The molecule has 100 valence electrons. The number of hydrogen-bond acceptors (Lipinski definition) is 3. The van der Waals surface area contributed by atoms with Crippen LogP contribution >= 0.6 is 15.9 Å². The Balaban J connectivity index is 2.24. The summed E-state index contributed by atoms with van der Waals surface area (Å²) in [6.07, 6.45) is 0. The Labute approximate surface area is 122 Å². The number of para-hydroxylation sites is 2. The molecule has 0 saturated heterocycles. The normalized spacial score (nSPS) is 10.3. The van der Waals surface area contributed by atoms with E-state index < -0.39 is 0 Å². The summed E-state index contributed by atoms with van der Waals surface area (Å²) in [5, 5.41) is 0. The Morgan fingerprint density at radius 3 is 2.63 bits per heavy atom. The number of nitrogens with two attached hydrogens (primary N) is 1. The number of halogens is 1. The second-order valence-corrected chi connectivity index (χ2v) is 5.23. The second-order valence-electron chi connectivity index (χ2n) is 4.37. The zero-order valence-corrected chi connectivity index (χ0v) is 12.6. The lowest BCUT2D eigenvalue weighted by Gasteiger charge is -2.22. The summed E-state index contributed by atoms with van der Waals surface area (Å²) in [6, 6.07) is 13.8. The average molecular weight is 321 g/mol. The first-order valence-corrected chi connectivity index (χ1v) is 6.79. The SMILES string of the molecule is COc1ccc(Br)c(CN(C)c2ccccc2N)c1. The Bertz CT molecular complexity index is 572. The topological polar surface area (TPSA) is 38.5 Å². The third-order valence-corrected chi connectivity index (χ3v) is 3.78. The lowest BCUT2D eigenvalue weighted by Crippen LogP contribution is -2.18. The van der Waals surface area contributed by atoms with Crippen molar-refractivity contribution in [3.8, 4) is 5.75 Å². The summed E-state index contributed by atoms with van der Waals surface area (Å²) in [4.78, 5) is 2.12. The highest BCUT2D eigenvalue weighted by Gasteiger charge is 2.08. The Kier molecular flexibility index (Phi) is 4.32. The Morgan fingerprint density at radius 1 is 1.21 bits per heavy atom. The van der Waals surface area contributed by atoms with Gasteiger partial charge in [0.2, 0.25) is 0 Å². The molecule has 0 spiro atoms. The number of nitrogen functional groups attached to an aromatic ring is 1. The summed E-state index contributed by atoms with van der Waals surface area (Å²) in [5.41, 5.74) is 8.96. The average Bonchev–Trinajstić information content (AvgIpc) is 2.41. The van der Waals surface area contributed by atoms with Gasteiger partial charge in [0.1, 0.15) is 5.75 Å². The standard InChI is InChI=1S/C15H17BrN2O/c1-18(15-6-4-3-5-14(15)17)10-11-9-12(19-2)7-8-13(11)16/h3-9H,10,17H2,1-2H3. The number of hydrogen-bond donors (Lipinski definition) is 1. The maximum absolute atomic E-state index is 5.99. The van der Waals surface area contributed by atoms with Crippen LogP contribution in [-0.4, -0.2) is 14.2 Å². The van der Waals surface area contributed by atoms with E-state index in [1.165, 1.54) is 0 Å². The molecule has 0 aliphatic heterocycles. The molecule has 0 saturated carbocycles. The molecule has 0 unspecified atom stereocenters. The molecular weight excluding hydrogens is 304 g/mol. The fourth-order valence-electron chi connectivity index (χ4n) is 1.98. The summed E-state index contributed by atoms with van der Waals surface area (Å²) in [7, 11) is 3.70. The van der Waals surface area contributed by atoms with Crippen molar-refractivity contribution in [1.29, 1.82) is 0 Å². The third-order valence-electron chi connectivity index (χ3n) is 3.01. The van der Waals surface area contributed by atoms with Crippen molar-refractivity contribution in [2.45, 2.75) is 6.54 Å². The van der Waals surface area contributed by atoms with E-state index in [0.29, 0.717) is 0 Å². The minimum atomic E-state index is 0.756. The highest BCUT2D eigenvalue weighted by molar-refractivity contribution is 9.10. The molecule has 0 heterocycles. The summed E-state index contributed by atoms with van der Waals surface area (Å²) >= 11 is 3.57. The first-order chi connectivity index (χ1) is 9.11. The summed E-state index contributed by atoms with van der Waals surface area (Å²) < 4.78 is 6.32. The van der Waals surface area contributed by atoms with Crippen molar-refractivity contribution in [1.82, 2.24) is 0 Å². The van der Waals surface area contributed by atoms with E-state index in [2.05, 4.69) is 20.8 Å². The lowest BCUT2D eigenvalue weighted by molar-refractivity contribution is 0.414. The van der Waals surface area contributed by atoms with Crippen LogP contribution in [0.5, 0.6) is 5.75 Å². The van der Waals surface area contributed by atoms with Gasteiger partial charge in [-0.25, -0.2) is 0 Å². The Hall–Kier alpha value is -1.68. The van der Waals surface area contributed by atoms with Gasteiger partial charge in [0.15, 0.2) is 0 Å². The van der Waals surface area contributed by atoms with Crippen LogP contribution in [0.2, 0.25) is 0 Å². The van der Waals surface area contributed by atoms with Crippen molar-refractivity contribution in [2.75, 3.05) is 24.8 Å². The quantitative estimate of drug-likeness (QED) is 0.873. The van der Waals surface area contributed by atoms with Crippen molar-refractivity contribution >= 4 is 27.3 Å². The molecular formula is C15H17BrN2O. The number of ether oxygens (including phenoxy) is 1. The van der Waals surface area contributed by atoms with E-state index in [4.69, 9.17) is 10.5 Å². The number of anilines is 2. The fraction of sp³-hybridized carbons (Fsp3) is 0.200. The van der Waals surface area contributed by atoms with E-state index >= 15 is 0 Å². The smallest absolute Gasteiger partial charge is 0.119 e. The lowest BCUT2D eigenvalue weighted by atomic mass is 10.2. The number of nitrogens with zero attached hydrogens (tertiary/aromatic N) is 1. The zero-order chi connectivity index (χ0) is 13.8. The predicted octanol–water partition coefficient (Wildman–Crippen LogP) is 3.68. The number of methoxy groups -OCH3 is 1. The Morgan fingerprint density at radius 2 is 1.95 bits per heavy atom. The maximum Gasteiger partial charge on any atom is 0.119 e. The van der Waals surface area contributed by atoms with Gasteiger partial charge in [0.25, 0.3) is 0 Å². The van der Waals surface area contributed by atoms with Crippen LogP contribution in [0.4, 0.5) is 11.4 Å². The fourth-order valence-corrected chi connectivity index (χ4v) is 2.35. The molecule has 2 aromatic carbocycles. The molecule has 2 N–H and O–H groups in total. The molecule has 2 aromatic rings. The first-order valence-electron chi connectivity index (χ1n) is 6.00.